The third-order valence-corrected chi connectivity index (χ3v) is 2.92. The van der Waals surface area contributed by atoms with Gasteiger partial charge in [-0.15, -0.1) is 0 Å². The van der Waals surface area contributed by atoms with Gasteiger partial charge >= 0.3 is 0 Å². The maximum Gasteiger partial charge on any atom is 0.136 e. The minimum Gasteiger partial charge on any atom is -0.506 e. The van der Waals surface area contributed by atoms with E-state index in [1.165, 1.54) is 5.69 Å². The lowest BCUT2D eigenvalue weighted by Gasteiger charge is -2.12. The number of aryl methyl sites for hydroxylation is 1. The van der Waals surface area contributed by atoms with Crippen LogP contribution >= 0.6 is 11.6 Å². The summed E-state index contributed by atoms with van der Waals surface area (Å²) >= 11 is 5.87. The van der Waals surface area contributed by atoms with Crippen molar-refractivity contribution in [2.45, 2.75) is 26.8 Å². The van der Waals surface area contributed by atoms with Gasteiger partial charge in [0.25, 0.3) is 0 Å². The molecular weight excluding hydrogens is 210 g/mol. The lowest BCUT2D eigenvalue weighted by molar-refractivity contribution is 0.476. The summed E-state index contributed by atoms with van der Waals surface area (Å²) in [7, 11) is 0. The van der Waals surface area contributed by atoms with Crippen molar-refractivity contribution < 1.29 is 5.11 Å². The van der Waals surface area contributed by atoms with Crippen molar-refractivity contribution in [1.29, 1.82) is 0 Å². The molecule has 3 heteroatoms. The normalized spacial score (nSPS) is 11.5. The van der Waals surface area contributed by atoms with Crippen molar-refractivity contribution in [2.75, 3.05) is 0 Å². The van der Waals surface area contributed by atoms with Crippen LogP contribution in [-0.2, 0) is 0 Å². The van der Waals surface area contributed by atoms with Gasteiger partial charge in [0.15, 0.2) is 0 Å². The number of hydrogen-bond donors (Lipinski definition) is 1. The second-order valence-electron chi connectivity index (χ2n) is 4.11. The predicted molar refractivity (Wildman–Crippen MR) is 63.7 cm³/mol. The van der Waals surface area contributed by atoms with Crippen LogP contribution in [0, 0.1) is 6.92 Å². The summed E-state index contributed by atoms with van der Waals surface area (Å²) in [6.07, 6.45) is 0. The van der Waals surface area contributed by atoms with E-state index in [0.717, 1.165) is 10.9 Å². The average molecular weight is 224 g/mol. The summed E-state index contributed by atoms with van der Waals surface area (Å²) in [6.45, 7) is 6.31. The predicted octanol–water partition coefficient (Wildman–Crippen LogP) is 3.89. The van der Waals surface area contributed by atoms with E-state index >= 15 is 0 Å². The van der Waals surface area contributed by atoms with Crippen LogP contribution in [-0.4, -0.2) is 9.67 Å². The maximum atomic E-state index is 9.59. The van der Waals surface area contributed by atoms with E-state index in [1.54, 1.807) is 12.1 Å². The fraction of sp³-hybridized carbons (Fsp3) is 0.333. The first-order valence-electron chi connectivity index (χ1n) is 5.00. The molecule has 0 atom stereocenters. The summed E-state index contributed by atoms with van der Waals surface area (Å²) in [5, 5.41) is 11.1. The number of phenolic OH excluding ortho intramolecular Hbond substituents is 1. The number of rotatable bonds is 1. The molecule has 0 radical (unpaired) electrons. The summed E-state index contributed by atoms with van der Waals surface area (Å²) in [6, 6.07) is 5.99. The monoisotopic (exact) mass is 223 g/mol. The molecule has 1 aromatic carbocycles. The molecule has 0 saturated carbocycles. The first kappa shape index (κ1) is 10.4. The molecular formula is C12H14ClNO. The Bertz CT molecular complexity index is 514. The van der Waals surface area contributed by atoms with Gasteiger partial charge in [0.05, 0.1) is 10.5 Å². The summed E-state index contributed by atoms with van der Waals surface area (Å²) in [5.74, 6) is 0.143. The maximum absolute atomic E-state index is 9.59. The number of aromatic hydroxyl groups is 1. The highest BCUT2D eigenvalue weighted by molar-refractivity contribution is 6.32. The minimum absolute atomic E-state index is 0.143. The lowest BCUT2D eigenvalue weighted by atomic mass is 10.2. The zero-order valence-electron chi connectivity index (χ0n) is 9.08. The average Bonchev–Trinajstić information content (AvgIpc) is 2.41. The van der Waals surface area contributed by atoms with Gasteiger partial charge in [-0.1, -0.05) is 11.6 Å². The largest absolute Gasteiger partial charge is 0.506 e. The molecule has 2 aromatic rings. The smallest absolute Gasteiger partial charge is 0.136 e. The van der Waals surface area contributed by atoms with Gasteiger partial charge in [-0.2, -0.15) is 0 Å². The summed E-state index contributed by atoms with van der Waals surface area (Å²) in [4.78, 5) is 0. The van der Waals surface area contributed by atoms with Crippen LogP contribution in [0.1, 0.15) is 25.6 Å². The van der Waals surface area contributed by atoms with Crippen molar-refractivity contribution in [1.82, 2.24) is 4.57 Å². The number of phenols is 1. The number of nitrogens with zero attached hydrogens (tertiary/aromatic N) is 1. The van der Waals surface area contributed by atoms with Gasteiger partial charge in [0, 0.05) is 23.2 Å². The standard InChI is InChI=1S/C12H14ClNO/c1-7(2)14-8(3)4-9-5-10(13)12(15)6-11(9)14/h4-7,15H,1-3H3. The number of benzene rings is 1. The second-order valence-corrected chi connectivity index (χ2v) is 4.52. The van der Waals surface area contributed by atoms with Gasteiger partial charge in [-0.25, -0.2) is 0 Å². The number of hydrogen-bond acceptors (Lipinski definition) is 1. The van der Waals surface area contributed by atoms with Crippen molar-refractivity contribution in [3.63, 3.8) is 0 Å². The van der Waals surface area contributed by atoms with Crippen molar-refractivity contribution in [3.8, 4) is 5.75 Å². The first-order chi connectivity index (χ1) is 7.00. The van der Waals surface area contributed by atoms with E-state index in [9.17, 15) is 5.11 Å². The first-order valence-corrected chi connectivity index (χ1v) is 5.38. The van der Waals surface area contributed by atoms with Crippen LogP contribution < -0.4 is 0 Å². The second kappa shape index (κ2) is 3.46. The van der Waals surface area contributed by atoms with E-state index in [1.807, 2.05) is 0 Å². The van der Waals surface area contributed by atoms with Gasteiger partial charge in [0.1, 0.15) is 5.75 Å². The zero-order valence-corrected chi connectivity index (χ0v) is 9.84. The Labute approximate surface area is 94.1 Å². The van der Waals surface area contributed by atoms with Crippen molar-refractivity contribution >= 4 is 22.5 Å². The van der Waals surface area contributed by atoms with E-state index in [4.69, 9.17) is 11.6 Å². The molecule has 1 N–H and O–H groups in total. The molecule has 80 valence electrons. The number of fused-ring (bicyclic) bond motifs is 1. The third-order valence-electron chi connectivity index (χ3n) is 2.62. The topological polar surface area (TPSA) is 25.2 Å². The van der Waals surface area contributed by atoms with Crippen LogP contribution in [0.15, 0.2) is 18.2 Å². The van der Waals surface area contributed by atoms with E-state index in [2.05, 4.69) is 31.4 Å². The van der Waals surface area contributed by atoms with E-state index in [0.29, 0.717) is 11.1 Å². The Morgan fingerprint density at radius 1 is 1.27 bits per heavy atom. The Kier molecular flexibility index (Phi) is 2.39. The van der Waals surface area contributed by atoms with Gasteiger partial charge in [-0.05, 0) is 32.9 Å². The van der Waals surface area contributed by atoms with Crippen LogP contribution in [0.25, 0.3) is 10.9 Å². The molecule has 2 nitrogen and oxygen atoms in total. The Morgan fingerprint density at radius 2 is 1.93 bits per heavy atom. The van der Waals surface area contributed by atoms with Gasteiger partial charge in [0.2, 0.25) is 0 Å². The molecule has 0 saturated heterocycles. The van der Waals surface area contributed by atoms with Gasteiger partial charge < -0.3 is 9.67 Å². The molecule has 2 rings (SSSR count). The number of halogens is 1. The molecule has 0 spiro atoms. The molecule has 15 heavy (non-hydrogen) atoms. The molecule has 0 bridgehead atoms. The minimum atomic E-state index is 0.143. The van der Waals surface area contributed by atoms with Crippen molar-refractivity contribution in [3.05, 3.63) is 28.9 Å². The molecule has 0 unspecified atom stereocenters. The molecule has 1 heterocycles. The highest BCUT2D eigenvalue weighted by atomic mass is 35.5. The Balaban J connectivity index is 2.81. The highest BCUT2D eigenvalue weighted by Crippen LogP contribution is 2.32. The fourth-order valence-electron chi connectivity index (χ4n) is 2.06. The summed E-state index contributed by atoms with van der Waals surface area (Å²) in [5.41, 5.74) is 2.21. The van der Waals surface area contributed by atoms with Crippen LogP contribution in [0.4, 0.5) is 0 Å². The molecule has 0 aliphatic rings. The Morgan fingerprint density at radius 3 is 2.53 bits per heavy atom. The van der Waals surface area contributed by atoms with Crippen LogP contribution in [0.3, 0.4) is 0 Å². The van der Waals surface area contributed by atoms with Gasteiger partial charge in [-0.3, -0.25) is 0 Å². The molecule has 1 aromatic heterocycles. The van der Waals surface area contributed by atoms with Crippen LogP contribution in [0.5, 0.6) is 5.75 Å². The molecule has 0 fully saturated rings. The highest BCUT2D eigenvalue weighted by Gasteiger charge is 2.10. The molecule has 0 amide bonds. The molecule has 0 aliphatic heterocycles. The van der Waals surface area contributed by atoms with Crippen LogP contribution in [0.2, 0.25) is 5.02 Å². The lowest BCUT2D eigenvalue weighted by Crippen LogP contribution is -2.01. The molecule has 0 aliphatic carbocycles. The van der Waals surface area contributed by atoms with Crippen molar-refractivity contribution in [2.24, 2.45) is 0 Å². The van der Waals surface area contributed by atoms with E-state index in [-0.39, 0.29) is 5.75 Å². The quantitative estimate of drug-likeness (QED) is 0.780. The SMILES string of the molecule is Cc1cc2cc(Cl)c(O)cc2n1C(C)C. The van der Waals surface area contributed by atoms with E-state index < -0.39 is 0 Å². The number of aromatic nitrogens is 1. The fourth-order valence-corrected chi connectivity index (χ4v) is 2.23. The zero-order chi connectivity index (χ0) is 11.2. The summed E-state index contributed by atoms with van der Waals surface area (Å²) < 4.78 is 2.19. The Hall–Kier alpha value is -1.15. The third kappa shape index (κ3) is 1.59.